The van der Waals surface area contributed by atoms with Crippen molar-refractivity contribution in [3.8, 4) is 5.75 Å². The molecule has 0 N–H and O–H groups in total. The van der Waals surface area contributed by atoms with Gasteiger partial charge in [0.15, 0.2) is 12.4 Å². The third kappa shape index (κ3) is 5.51. The van der Waals surface area contributed by atoms with Gasteiger partial charge in [-0.1, -0.05) is 29.8 Å². The highest BCUT2D eigenvalue weighted by atomic mass is 16.6. The summed E-state index contributed by atoms with van der Waals surface area (Å²) in [6.45, 7) is 1.91. The number of esters is 1. The fourth-order valence-corrected chi connectivity index (χ4v) is 2.61. The summed E-state index contributed by atoms with van der Waals surface area (Å²) in [5.74, 6) is -0.313. The van der Waals surface area contributed by atoms with Crippen LogP contribution in [0.4, 0.5) is 5.69 Å². The van der Waals surface area contributed by atoms with Crippen LogP contribution in [0.15, 0.2) is 72.8 Å². The molecule has 0 aliphatic heterocycles. The van der Waals surface area contributed by atoms with Crippen LogP contribution in [0.25, 0.3) is 0 Å². The highest BCUT2D eigenvalue weighted by molar-refractivity contribution is 5.99. The number of carbonyl (C=O) groups is 2. The molecule has 0 bridgehead atoms. The molecule has 0 fully saturated rings. The van der Waals surface area contributed by atoms with E-state index in [0.717, 1.165) is 16.9 Å². The second-order valence-corrected chi connectivity index (χ2v) is 6.60. The topological polar surface area (TPSA) is 95.7 Å². The van der Waals surface area contributed by atoms with E-state index in [-0.39, 0.29) is 11.3 Å². The second-order valence-electron chi connectivity index (χ2n) is 6.60. The number of carbonyl (C=O) groups excluding carboxylic acids is 2. The number of hydrogen-bond donors (Lipinski definition) is 0. The number of Topliss-reactive ketones (excluding diaryl/α,β-unsaturated/α-hetero) is 1. The van der Waals surface area contributed by atoms with E-state index >= 15 is 0 Å². The van der Waals surface area contributed by atoms with E-state index in [1.165, 1.54) is 24.3 Å². The van der Waals surface area contributed by atoms with Crippen LogP contribution in [0.1, 0.15) is 31.8 Å². The van der Waals surface area contributed by atoms with Crippen LogP contribution in [0.2, 0.25) is 0 Å². The smallest absolute Gasteiger partial charge is 0.338 e. The van der Waals surface area contributed by atoms with Gasteiger partial charge in [0.05, 0.1) is 10.5 Å². The van der Waals surface area contributed by atoms with Crippen LogP contribution >= 0.6 is 0 Å². The largest absolute Gasteiger partial charge is 0.489 e. The van der Waals surface area contributed by atoms with E-state index in [1.807, 2.05) is 31.2 Å². The lowest BCUT2D eigenvalue weighted by Gasteiger charge is -2.08. The highest BCUT2D eigenvalue weighted by Crippen LogP contribution is 2.15. The molecule has 0 saturated carbocycles. The van der Waals surface area contributed by atoms with Gasteiger partial charge in [-0.05, 0) is 48.9 Å². The molecule has 3 aromatic rings. The van der Waals surface area contributed by atoms with E-state index in [4.69, 9.17) is 9.47 Å². The van der Waals surface area contributed by atoms with E-state index in [2.05, 4.69) is 0 Å². The third-order valence-electron chi connectivity index (χ3n) is 4.35. The lowest BCUT2D eigenvalue weighted by atomic mass is 10.1. The van der Waals surface area contributed by atoms with Gasteiger partial charge in [0, 0.05) is 17.7 Å². The molecule has 30 heavy (non-hydrogen) atoms. The molecular weight excluding hydrogens is 386 g/mol. The summed E-state index contributed by atoms with van der Waals surface area (Å²) >= 11 is 0. The monoisotopic (exact) mass is 405 g/mol. The van der Waals surface area contributed by atoms with Gasteiger partial charge in [0.2, 0.25) is 0 Å². The third-order valence-corrected chi connectivity index (χ3v) is 4.35. The van der Waals surface area contributed by atoms with Crippen molar-refractivity contribution < 1.29 is 24.0 Å². The van der Waals surface area contributed by atoms with Gasteiger partial charge in [0.1, 0.15) is 12.4 Å². The molecule has 152 valence electrons. The summed E-state index contributed by atoms with van der Waals surface area (Å²) in [7, 11) is 0. The zero-order valence-electron chi connectivity index (χ0n) is 16.2. The molecule has 3 aromatic carbocycles. The summed E-state index contributed by atoms with van der Waals surface area (Å²) in [6, 6.07) is 19.5. The Morgan fingerprint density at radius 2 is 1.47 bits per heavy atom. The highest BCUT2D eigenvalue weighted by Gasteiger charge is 2.13. The maximum Gasteiger partial charge on any atom is 0.338 e. The molecule has 7 heteroatoms. The second kappa shape index (κ2) is 9.47. The first-order chi connectivity index (χ1) is 14.4. The lowest BCUT2D eigenvalue weighted by molar-refractivity contribution is -0.384. The number of hydrogen-bond acceptors (Lipinski definition) is 6. The first-order valence-corrected chi connectivity index (χ1v) is 9.15. The van der Waals surface area contributed by atoms with E-state index in [0.29, 0.717) is 12.2 Å². The maximum atomic E-state index is 12.2. The fourth-order valence-electron chi connectivity index (χ4n) is 2.61. The van der Waals surface area contributed by atoms with Crippen LogP contribution in [-0.2, 0) is 11.3 Å². The van der Waals surface area contributed by atoms with Gasteiger partial charge in [-0.2, -0.15) is 0 Å². The zero-order valence-corrected chi connectivity index (χ0v) is 16.2. The predicted octanol–water partition coefficient (Wildman–Crippen LogP) is 4.52. The van der Waals surface area contributed by atoms with Crippen molar-refractivity contribution in [2.24, 2.45) is 0 Å². The summed E-state index contributed by atoms with van der Waals surface area (Å²) in [4.78, 5) is 34.3. The molecule has 0 aliphatic carbocycles. The van der Waals surface area contributed by atoms with E-state index < -0.39 is 23.3 Å². The SMILES string of the molecule is Cc1ccc(OCc2ccc(C(=O)OCC(=O)c3ccc([N+](=O)[O-])cc3)cc2)cc1. The molecule has 0 amide bonds. The van der Waals surface area contributed by atoms with Crippen molar-refractivity contribution in [1.29, 1.82) is 0 Å². The van der Waals surface area contributed by atoms with Gasteiger partial charge in [-0.3, -0.25) is 14.9 Å². The first kappa shape index (κ1) is 20.7. The Labute approximate surface area is 173 Å². The Kier molecular flexibility index (Phi) is 6.54. The number of nitrogens with zero attached hydrogens (tertiary/aromatic N) is 1. The number of non-ortho nitro benzene ring substituents is 1. The van der Waals surface area contributed by atoms with Gasteiger partial charge in [-0.25, -0.2) is 4.79 Å². The van der Waals surface area contributed by atoms with Crippen molar-refractivity contribution >= 4 is 17.4 Å². The Balaban J connectivity index is 1.50. The average Bonchev–Trinajstić information content (AvgIpc) is 2.77. The number of ether oxygens (including phenoxy) is 2. The fraction of sp³-hybridized carbons (Fsp3) is 0.130. The minimum Gasteiger partial charge on any atom is -0.489 e. The van der Waals surface area contributed by atoms with E-state index in [1.54, 1.807) is 24.3 Å². The molecule has 0 aromatic heterocycles. The molecule has 3 rings (SSSR count). The van der Waals surface area contributed by atoms with Crippen LogP contribution in [-0.4, -0.2) is 23.3 Å². The van der Waals surface area contributed by atoms with Crippen molar-refractivity contribution in [1.82, 2.24) is 0 Å². The maximum absolute atomic E-state index is 12.2. The molecule has 0 saturated heterocycles. The minimum atomic E-state index is -0.628. The number of ketones is 1. The van der Waals surface area contributed by atoms with Crippen molar-refractivity contribution in [2.75, 3.05) is 6.61 Å². The Hall–Kier alpha value is -4.00. The normalized spacial score (nSPS) is 10.3. The Bertz CT molecular complexity index is 1040. The van der Waals surface area contributed by atoms with Crippen LogP contribution in [0.3, 0.4) is 0 Å². The number of nitro benzene ring substituents is 1. The summed E-state index contributed by atoms with van der Waals surface area (Å²) in [5.41, 5.74) is 2.46. The number of rotatable bonds is 8. The van der Waals surface area contributed by atoms with Gasteiger partial charge >= 0.3 is 5.97 Å². The molecule has 7 nitrogen and oxygen atoms in total. The average molecular weight is 405 g/mol. The molecule has 0 heterocycles. The molecule has 0 spiro atoms. The van der Waals surface area contributed by atoms with Gasteiger partial charge < -0.3 is 9.47 Å². The number of benzene rings is 3. The van der Waals surface area contributed by atoms with Gasteiger partial charge in [-0.15, -0.1) is 0 Å². The summed E-state index contributed by atoms with van der Waals surface area (Å²) < 4.78 is 10.7. The Morgan fingerprint density at radius 3 is 2.07 bits per heavy atom. The van der Waals surface area contributed by atoms with Crippen LogP contribution in [0, 0.1) is 17.0 Å². The number of aryl methyl sites for hydroxylation is 1. The summed E-state index contributed by atoms with van der Waals surface area (Å²) in [6.07, 6.45) is 0. The predicted molar refractivity (Wildman–Crippen MR) is 110 cm³/mol. The van der Waals surface area contributed by atoms with Crippen molar-refractivity contribution in [3.63, 3.8) is 0 Å². The first-order valence-electron chi connectivity index (χ1n) is 9.15. The minimum absolute atomic E-state index is 0.116. The van der Waals surface area contributed by atoms with Crippen LogP contribution in [0.5, 0.6) is 5.75 Å². The zero-order chi connectivity index (χ0) is 21.5. The molecule has 0 atom stereocenters. The Morgan fingerprint density at radius 1 is 0.867 bits per heavy atom. The van der Waals surface area contributed by atoms with Crippen molar-refractivity contribution in [3.05, 3.63) is 105 Å². The number of nitro groups is 1. The molecule has 0 unspecified atom stereocenters. The molecule has 0 radical (unpaired) electrons. The lowest BCUT2D eigenvalue weighted by Crippen LogP contribution is -2.14. The van der Waals surface area contributed by atoms with Crippen molar-refractivity contribution in [2.45, 2.75) is 13.5 Å². The molecular formula is C23H19NO6. The molecule has 0 aliphatic rings. The van der Waals surface area contributed by atoms with Crippen LogP contribution < -0.4 is 4.74 Å². The standard InChI is InChI=1S/C23H19NO6/c1-16-2-12-21(13-3-16)29-14-17-4-6-19(7-5-17)23(26)30-15-22(25)18-8-10-20(11-9-18)24(27)28/h2-13H,14-15H2,1H3. The quantitative estimate of drug-likeness (QED) is 0.237. The van der Waals surface area contributed by atoms with Gasteiger partial charge in [0.25, 0.3) is 5.69 Å². The summed E-state index contributed by atoms with van der Waals surface area (Å²) in [5, 5.41) is 10.6. The van der Waals surface area contributed by atoms with E-state index in [9.17, 15) is 19.7 Å².